The summed E-state index contributed by atoms with van der Waals surface area (Å²) in [5, 5.41) is 2.64. The van der Waals surface area contributed by atoms with Gasteiger partial charge in [-0.1, -0.05) is 0 Å². The number of nitrogens with zero attached hydrogens (tertiary/aromatic N) is 2. The predicted molar refractivity (Wildman–Crippen MR) is 64.0 cm³/mol. The summed E-state index contributed by atoms with van der Waals surface area (Å²) < 4.78 is 17.2. The molecular formula is C12H14FN3O3. The smallest absolute Gasteiger partial charge is 0.407 e. The number of halogens is 1. The van der Waals surface area contributed by atoms with Gasteiger partial charge in [0.25, 0.3) is 5.91 Å². The molecule has 0 radical (unpaired) electrons. The largest absolute Gasteiger partial charge is 0.453 e. The minimum Gasteiger partial charge on any atom is -0.453 e. The van der Waals surface area contributed by atoms with E-state index < -0.39 is 12.0 Å². The van der Waals surface area contributed by atoms with Crippen LogP contribution in [0.2, 0.25) is 0 Å². The van der Waals surface area contributed by atoms with Gasteiger partial charge in [0, 0.05) is 19.3 Å². The second-order valence-corrected chi connectivity index (χ2v) is 4.24. The summed E-state index contributed by atoms with van der Waals surface area (Å²) in [6.45, 7) is 0.941. The summed E-state index contributed by atoms with van der Waals surface area (Å²) in [5.41, 5.74) is 0.333. The van der Waals surface area contributed by atoms with E-state index in [-0.39, 0.29) is 11.9 Å². The molecule has 0 aromatic carbocycles. The number of nitrogens with one attached hydrogen (secondary N) is 1. The molecule has 1 aliphatic heterocycles. The maximum atomic E-state index is 12.7. The second-order valence-electron chi connectivity index (χ2n) is 4.24. The summed E-state index contributed by atoms with van der Waals surface area (Å²) in [4.78, 5) is 28.2. The molecule has 2 amide bonds. The zero-order valence-electron chi connectivity index (χ0n) is 10.4. The molecule has 1 unspecified atom stereocenters. The number of hydrogen-bond donors (Lipinski definition) is 1. The minimum atomic E-state index is -0.622. The molecule has 1 aliphatic rings. The van der Waals surface area contributed by atoms with Crippen LogP contribution < -0.4 is 5.32 Å². The zero-order chi connectivity index (χ0) is 13.8. The first kappa shape index (κ1) is 13.3. The molecule has 1 aromatic heterocycles. The Labute approximate surface area is 109 Å². The van der Waals surface area contributed by atoms with E-state index in [4.69, 9.17) is 0 Å². The van der Waals surface area contributed by atoms with E-state index in [9.17, 15) is 14.0 Å². The van der Waals surface area contributed by atoms with Gasteiger partial charge in [-0.2, -0.15) is 4.39 Å². The number of hydrogen-bond acceptors (Lipinski definition) is 4. The Bertz CT molecular complexity index is 478. The van der Waals surface area contributed by atoms with Gasteiger partial charge in [0.15, 0.2) is 0 Å². The fourth-order valence-electron chi connectivity index (χ4n) is 1.97. The number of aromatic nitrogens is 1. The Morgan fingerprint density at radius 2 is 2.32 bits per heavy atom. The molecule has 7 heteroatoms. The Hall–Kier alpha value is -2.18. The number of carbonyl (C=O) groups excluding carboxylic acids is 2. The predicted octanol–water partition coefficient (Wildman–Crippen LogP) is 0.791. The lowest BCUT2D eigenvalue weighted by Gasteiger charge is -2.16. The average molecular weight is 267 g/mol. The first-order valence-electron chi connectivity index (χ1n) is 5.85. The molecule has 2 rings (SSSR count). The molecule has 0 bridgehead atoms. The second kappa shape index (κ2) is 5.64. The molecule has 6 nitrogen and oxygen atoms in total. The summed E-state index contributed by atoms with van der Waals surface area (Å²) >= 11 is 0. The molecule has 0 saturated carbocycles. The number of carbonyl (C=O) groups is 2. The van der Waals surface area contributed by atoms with Gasteiger partial charge in [-0.3, -0.25) is 4.79 Å². The molecule has 1 fully saturated rings. The minimum absolute atomic E-state index is 0.121. The van der Waals surface area contributed by atoms with Gasteiger partial charge in [-0.15, -0.1) is 0 Å². The van der Waals surface area contributed by atoms with Gasteiger partial charge in [-0.05, 0) is 18.6 Å². The molecule has 1 atom stereocenters. The summed E-state index contributed by atoms with van der Waals surface area (Å²) in [5.74, 6) is -0.843. The van der Waals surface area contributed by atoms with E-state index in [0.717, 1.165) is 6.07 Å². The van der Waals surface area contributed by atoms with E-state index in [0.29, 0.717) is 25.1 Å². The maximum absolute atomic E-state index is 12.7. The lowest BCUT2D eigenvalue weighted by molar-refractivity contribution is 0.0787. The van der Waals surface area contributed by atoms with Crippen molar-refractivity contribution in [1.29, 1.82) is 0 Å². The van der Waals surface area contributed by atoms with E-state index >= 15 is 0 Å². The summed E-state index contributed by atoms with van der Waals surface area (Å²) in [6.07, 6.45) is 1.36. The highest BCUT2D eigenvalue weighted by Gasteiger charge is 2.28. The van der Waals surface area contributed by atoms with Gasteiger partial charge in [0.2, 0.25) is 5.95 Å². The van der Waals surface area contributed by atoms with Crippen LogP contribution in [0.1, 0.15) is 16.8 Å². The average Bonchev–Trinajstić information content (AvgIpc) is 2.87. The quantitative estimate of drug-likeness (QED) is 0.804. The number of methoxy groups -OCH3 is 1. The van der Waals surface area contributed by atoms with E-state index in [1.807, 2.05) is 0 Å². The Kier molecular flexibility index (Phi) is 3.94. The Morgan fingerprint density at radius 3 is 2.95 bits per heavy atom. The van der Waals surface area contributed by atoms with Crippen LogP contribution in [0.4, 0.5) is 9.18 Å². The number of likely N-dealkylation sites (tertiary alicyclic amines) is 1. The van der Waals surface area contributed by atoms with Crippen molar-refractivity contribution >= 4 is 12.0 Å². The molecular weight excluding hydrogens is 253 g/mol. The van der Waals surface area contributed by atoms with Crippen LogP contribution in [0.15, 0.2) is 18.3 Å². The van der Waals surface area contributed by atoms with Gasteiger partial charge < -0.3 is 15.0 Å². The third-order valence-electron chi connectivity index (χ3n) is 2.96. The fraction of sp³-hybridized carbons (Fsp3) is 0.417. The Balaban J connectivity index is 1.95. The number of amides is 2. The first-order valence-corrected chi connectivity index (χ1v) is 5.85. The summed E-state index contributed by atoms with van der Waals surface area (Å²) in [7, 11) is 1.29. The van der Waals surface area contributed by atoms with Crippen molar-refractivity contribution in [3.8, 4) is 0 Å². The fourth-order valence-corrected chi connectivity index (χ4v) is 1.97. The molecule has 1 N–H and O–H groups in total. The van der Waals surface area contributed by atoms with Crippen molar-refractivity contribution < 1.29 is 18.7 Å². The van der Waals surface area contributed by atoms with Crippen LogP contribution in [-0.2, 0) is 4.74 Å². The number of ether oxygens (including phenoxy) is 1. The molecule has 19 heavy (non-hydrogen) atoms. The molecule has 1 saturated heterocycles. The van der Waals surface area contributed by atoms with Gasteiger partial charge in [-0.25, -0.2) is 9.78 Å². The molecule has 102 valence electrons. The molecule has 0 aliphatic carbocycles. The Morgan fingerprint density at radius 1 is 1.53 bits per heavy atom. The lowest BCUT2D eigenvalue weighted by atomic mass is 10.2. The third kappa shape index (κ3) is 3.18. The van der Waals surface area contributed by atoms with Crippen molar-refractivity contribution in [3.05, 3.63) is 29.8 Å². The third-order valence-corrected chi connectivity index (χ3v) is 2.96. The molecule has 2 heterocycles. The SMILES string of the molecule is COC(=O)NC1CCN(C(=O)c2ccc(F)nc2)C1. The molecule has 0 spiro atoms. The normalized spacial score (nSPS) is 18.2. The van der Waals surface area contributed by atoms with E-state index in [2.05, 4.69) is 15.0 Å². The van der Waals surface area contributed by atoms with Crippen LogP contribution in [0.5, 0.6) is 0 Å². The van der Waals surface area contributed by atoms with Crippen LogP contribution >= 0.6 is 0 Å². The van der Waals surface area contributed by atoms with Crippen LogP contribution in [0.3, 0.4) is 0 Å². The highest BCUT2D eigenvalue weighted by Crippen LogP contribution is 2.13. The molecule has 1 aromatic rings. The van der Waals surface area contributed by atoms with Crippen molar-refractivity contribution in [2.24, 2.45) is 0 Å². The van der Waals surface area contributed by atoms with Gasteiger partial charge in [0.05, 0.1) is 18.7 Å². The van der Waals surface area contributed by atoms with Crippen LogP contribution in [0.25, 0.3) is 0 Å². The zero-order valence-corrected chi connectivity index (χ0v) is 10.4. The van der Waals surface area contributed by atoms with Crippen LogP contribution in [-0.4, -0.2) is 48.1 Å². The van der Waals surface area contributed by atoms with Gasteiger partial charge >= 0.3 is 6.09 Å². The van der Waals surface area contributed by atoms with E-state index in [1.54, 1.807) is 4.90 Å². The van der Waals surface area contributed by atoms with Crippen LogP contribution in [0, 0.1) is 5.95 Å². The highest BCUT2D eigenvalue weighted by atomic mass is 19.1. The van der Waals surface area contributed by atoms with Gasteiger partial charge in [0.1, 0.15) is 0 Å². The monoisotopic (exact) mass is 267 g/mol. The first-order chi connectivity index (χ1) is 9.10. The number of pyridine rings is 1. The summed E-state index contributed by atoms with van der Waals surface area (Å²) in [6, 6.07) is 2.42. The van der Waals surface area contributed by atoms with Crippen molar-refractivity contribution in [1.82, 2.24) is 15.2 Å². The number of rotatable bonds is 2. The maximum Gasteiger partial charge on any atom is 0.407 e. The topological polar surface area (TPSA) is 71.5 Å². The lowest BCUT2D eigenvalue weighted by Crippen LogP contribution is -2.38. The van der Waals surface area contributed by atoms with Crippen molar-refractivity contribution in [2.45, 2.75) is 12.5 Å². The standard InChI is InChI=1S/C12H14FN3O3/c1-19-12(18)15-9-4-5-16(7-9)11(17)8-2-3-10(13)14-6-8/h2-3,6,9H,4-5,7H2,1H3,(H,15,18). The number of alkyl carbamates (subject to hydrolysis) is 1. The highest BCUT2D eigenvalue weighted by molar-refractivity contribution is 5.94. The van der Waals surface area contributed by atoms with E-state index in [1.165, 1.54) is 19.4 Å². The van der Waals surface area contributed by atoms with Crippen molar-refractivity contribution in [3.63, 3.8) is 0 Å². The van der Waals surface area contributed by atoms with Crippen molar-refractivity contribution in [2.75, 3.05) is 20.2 Å².